The van der Waals surface area contributed by atoms with Crippen molar-refractivity contribution >= 4 is 33.6 Å². The Balaban J connectivity index is 2.26. The highest BCUT2D eigenvalue weighted by molar-refractivity contribution is 9.10. The molecule has 1 aromatic carbocycles. The zero-order chi connectivity index (χ0) is 15.7. The van der Waals surface area contributed by atoms with E-state index in [1.54, 1.807) is 6.08 Å². The topological polar surface area (TPSA) is 54.6 Å². The van der Waals surface area contributed by atoms with Crippen LogP contribution in [-0.4, -0.2) is 20.5 Å². The first-order valence-corrected chi connectivity index (χ1v) is 7.49. The number of imidazole rings is 1. The predicted octanol–water partition coefficient (Wildman–Crippen LogP) is 4.17. The maximum absolute atomic E-state index is 10.9. The lowest BCUT2D eigenvalue weighted by atomic mass is 10.1. The van der Waals surface area contributed by atoms with E-state index in [1.807, 2.05) is 53.9 Å². The van der Waals surface area contributed by atoms with Crippen LogP contribution >= 0.6 is 15.9 Å². The number of aromatic nitrogens is 2. The molecule has 0 atom stereocenters. The summed E-state index contributed by atoms with van der Waals surface area (Å²) in [6, 6.07) is 11.8. The Hall–Kier alpha value is -2.40. The Bertz CT molecular complexity index is 880. The SMILES string of the molecule is Cc1ccc(-c2nc3ccc(Br)cn3c2C=CC(=O)O)cc1. The lowest BCUT2D eigenvalue weighted by Gasteiger charge is -2.01. The van der Waals surface area contributed by atoms with Gasteiger partial charge < -0.3 is 5.11 Å². The summed E-state index contributed by atoms with van der Waals surface area (Å²) in [4.78, 5) is 15.5. The van der Waals surface area contributed by atoms with Crippen LogP contribution in [0.25, 0.3) is 23.0 Å². The van der Waals surface area contributed by atoms with E-state index < -0.39 is 5.97 Å². The third kappa shape index (κ3) is 2.80. The second kappa shape index (κ2) is 5.77. The average Bonchev–Trinajstić information content (AvgIpc) is 2.83. The molecule has 4 nitrogen and oxygen atoms in total. The number of halogens is 1. The maximum Gasteiger partial charge on any atom is 0.328 e. The van der Waals surface area contributed by atoms with E-state index in [1.165, 1.54) is 0 Å². The van der Waals surface area contributed by atoms with Gasteiger partial charge in [0.2, 0.25) is 0 Å². The molecule has 110 valence electrons. The van der Waals surface area contributed by atoms with Crippen LogP contribution in [0.1, 0.15) is 11.3 Å². The van der Waals surface area contributed by atoms with Crippen molar-refractivity contribution in [2.24, 2.45) is 0 Å². The molecule has 3 rings (SSSR count). The first-order valence-electron chi connectivity index (χ1n) is 6.70. The van der Waals surface area contributed by atoms with Gasteiger partial charge in [-0.25, -0.2) is 9.78 Å². The van der Waals surface area contributed by atoms with Gasteiger partial charge in [-0.3, -0.25) is 4.40 Å². The molecule has 0 bridgehead atoms. The maximum atomic E-state index is 10.9. The Labute approximate surface area is 135 Å². The van der Waals surface area contributed by atoms with Gasteiger partial charge in [0.1, 0.15) is 5.65 Å². The van der Waals surface area contributed by atoms with E-state index in [-0.39, 0.29) is 0 Å². The molecule has 3 aromatic rings. The zero-order valence-corrected chi connectivity index (χ0v) is 13.4. The van der Waals surface area contributed by atoms with Crippen molar-refractivity contribution in [3.05, 3.63) is 64.4 Å². The summed E-state index contributed by atoms with van der Waals surface area (Å²) in [6.45, 7) is 2.02. The minimum Gasteiger partial charge on any atom is -0.478 e. The van der Waals surface area contributed by atoms with Gasteiger partial charge >= 0.3 is 5.97 Å². The summed E-state index contributed by atoms with van der Waals surface area (Å²) < 4.78 is 2.77. The number of aliphatic carboxylic acids is 1. The van der Waals surface area contributed by atoms with Crippen molar-refractivity contribution in [3.8, 4) is 11.3 Å². The van der Waals surface area contributed by atoms with Gasteiger partial charge in [0.25, 0.3) is 0 Å². The molecule has 0 fully saturated rings. The van der Waals surface area contributed by atoms with E-state index >= 15 is 0 Å². The minimum absolute atomic E-state index is 0.738. The third-order valence-electron chi connectivity index (χ3n) is 3.33. The highest BCUT2D eigenvalue weighted by Gasteiger charge is 2.12. The van der Waals surface area contributed by atoms with Crippen LogP contribution in [0.3, 0.4) is 0 Å². The van der Waals surface area contributed by atoms with E-state index in [9.17, 15) is 4.79 Å². The highest BCUT2D eigenvalue weighted by atomic mass is 79.9. The normalized spacial score (nSPS) is 11.4. The molecule has 2 aromatic heterocycles. The number of pyridine rings is 1. The van der Waals surface area contributed by atoms with Crippen LogP contribution in [0, 0.1) is 6.92 Å². The molecule has 2 heterocycles. The lowest BCUT2D eigenvalue weighted by Crippen LogP contribution is -1.91. The number of aryl methyl sites for hydroxylation is 1. The Morgan fingerprint density at radius 3 is 2.64 bits per heavy atom. The first-order chi connectivity index (χ1) is 10.5. The van der Waals surface area contributed by atoms with Crippen molar-refractivity contribution in [1.29, 1.82) is 0 Å². The lowest BCUT2D eigenvalue weighted by molar-refractivity contribution is -0.131. The monoisotopic (exact) mass is 356 g/mol. The molecular weight excluding hydrogens is 344 g/mol. The van der Waals surface area contributed by atoms with Gasteiger partial charge in [-0.1, -0.05) is 29.8 Å². The number of carbonyl (C=O) groups is 1. The quantitative estimate of drug-likeness (QED) is 0.716. The fourth-order valence-corrected chi connectivity index (χ4v) is 2.61. The fraction of sp³-hybridized carbons (Fsp3) is 0.0588. The molecular formula is C17H13BrN2O2. The number of hydrogen-bond acceptors (Lipinski definition) is 2. The molecule has 1 N–H and O–H groups in total. The van der Waals surface area contributed by atoms with Gasteiger partial charge in [-0.05, 0) is 41.1 Å². The van der Waals surface area contributed by atoms with Crippen molar-refractivity contribution in [1.82, 2.24) is 9.38 Å². The van der Waals surface area contributed by atoms with Gasteiger partial charge in [0, 0.05) is 22.3 Å². The molecule has 0 unspecified atom stereocenters. The number of carboxylic acid groups (broad SMARTS) is 1. The number of benzene rings is 1. The summed E-state index contributed by atoms with van der Waals surface area (Å²) in [5.74, 6) is -0.986. The van der Waals surface area contributed by atoms with Crippen LogP contribution in [0.15, 0.2) is 53.1 Å². The van der Waals surface area contributed by atoms with Crippen LogP contribution < -0.4 is 0 Å². The van der Waals surface area contributed by atoms with Crippen LogP contribution in [0.2, 0.25) is 0 Å². The number of nitrogens with zero attached hydrogens (tertiary/aromatic N) is 2. The van der Waals surface area contributed by atoms with E-state index in [0.29, 0.717) is 0 Å². The van der Waals surface area contributed by atoms with Gasteiger partial charge in [0.15, 0.2) is 0 Å². The minimum atomic E-state index is -0.986. The highest BCUT2D eigenvalue weighted by Crippen LogP contribution is 2.27. The Kier molecular flexibility index (Phi) is 3.81. The molecule has 0 radical (unpaired) electrons. The molecule has 0 saturated heterocycles. The summed E-state index contributed by atoms with van der Waals surface area (Å²) in [7, 11) is 0. The van der Waals surface area contributed by atoms with Crippen molar-refractivity contribution in [2.75, 3.05) is 0 Å². The van der Waals surface area contributed by atoms with Crippen molar-refractivity contribution in [3.63, 3.8) is 0 Å². The Morgan fingerprint density at radius 2 is 1.95 bits per heavy atom. The second-order valence-corrected chi connectivity index (χ2v) is 5.87. The van der Waals surface area contributed by atoms with E-state index in [4.69, 9.17) is 5.11 Å². The molecule has 0 saturated carbocycles. The van der Waals surface area contributed by atoms with Crippen molar-refractivity contribution in [2.45, 2.75) is 6.92 Å². The number of hydrogen-bond donors (Lipinski definition) is 1. The molecule has 0 aliphatic rings. The van der Waals surface area contributed by atoms with Crippen LogP contribution in [-0.2, 0) is 4.79 Å². The van der Waals surface area contributed by atoms with Gasteiger partial charge in [0.05, 0.1) is 11.4 Å². The van der Waals surface area contributed by atoms with Crippen molar-refractivity contribution < 1.29 is 9.90 Å². The standard InChI is InChI=1S/C17H13BrN2O2/c1-11-2-4-12(5-3-11)17-14(7-9-16(21)22)20-10-13(18)6-8-15(20)19-17/h2-10H,1H3,(H,21,22). The second-order valence-electron chi connectivity index (χ2n) is 4.96. The van der Waals surface area contributed by atoms with E-state index in [2.05, 4.69) is 20.9 Å². The zero-order valence-electron chi connectivity index (χ0n) is 11.8. The van der Waals surface area contributed by atoms with Gasteiger partial charge in [-0.15, -0.1) is 0 Å². The average molecular weight is 357 g/mol. The molecule has 0 amide bonds. The first kappa shape index (κ1) is 14.5. The molecule has 0 aliphatic carbocycles. The molecule has 5 heteroatoms. The summed E-state index contributed by atoms with van der Waals surface area (Å²) in [6.07, 6.45) is 4.58. The predicted molar refractivity (Wildman–Crippen MR) is 89.7 cm³/mol. The smallest absolute Gasteiger partial charge is 0.328 e. The van der Waals surface area contributed by atoms with Gasteiger partial charge in [-0.2, -0.15) is 0 Å². The summed E-state index contributed by atoms with van der Waals surface area (Å²) >= 11 is 3.43. The number of carboxylic acids is 1. The Morgan fingerprint density at radius 1 is 1.23 bits per heavy atom. The summed E-state index contributed by atoms with van der Waals surface area (Å²) in [5.41, 5.74) is 4.38. The number of fused-ring (bicyclic) bond motifs is 1. The third-order valence-corrected chi connectivity index (χ3v) is 3.80. The molecule has 0 aliphatic heterocycles. The van der Waals surface area contributed by atoms with E-state index in [0.717, 1.165) is 38.7 Å². The fourth-order valence-electron chi connectivity index (χ4n) is 2.27. The molecule has 0 spiro atoms. The number of rotatable bonds is 3. The van der Waals surface area contributed by atoms with Crippen LogP contribution in [0.4, 0.5) is 0 Å². The summed E-state index contributed by atoms with van der Waals surface area (Å²) in [5, 5.41) is 8.91. The largest absolute Gasteiger partial charge is 0.478 e. The molecule has 22 heavy (non-hydrogen) atoms. The van der Waals surface area contributed by atoms with Crippen LogP contribution in [0.5, 0.6) is 0 Å².